The Kier molecular flexibility index (Phi) is 7.09. The quantitative estimate of drug-likeness (QED) is 0.441. The molecule has 0 fully saturated rings. The van der Waals surface area contributed by atoms with Gasteiger partial charge in [0, 0.05) is 0 Å². The van der Waals surface area contributed by atoms with Gasteiger partial charge in [-0.2, -0.15) is 16.8 Å². The Morgan fingerprint density at radius 2 is 0.960 bits per heavy atom. The number of hydrogen-bond donors (Lipinski definition) is 4. The highest BCUT2D eigenvalue weighted by atomic mass is 32.3. The van der Waals surface area contributed by atoms with E-state index in [1.807, 2.05) is 60.7 Å². The van der Waals surface area contributed by atoms with Gasteiger partial charge in [-0.15, -0.1) is 3.63 Å². The molecule has 0 unspecified atom stereocenters. The Labute approximate surface area is 145 Å². The fraction of sp³-hybridized carbons (Fsp3) is 0. The topological polar surface area (TPSA) is 170 Å². The molecule has 11 heteroatoms. The van der Waals surface area contributed by atoms with Gasteiger partial charge >= 0.3 is 20.8 Å². The first-order valence-corrected chi connectivity index (χ1v) is 9.24. The van der Waals surface area contributed by atoms with Crippen molar-refractivity contribution in [1.82, 2.24) is 0 Å². The van der Waals surface area contributed by atoms with Crippen molar-refractivity contribution in [2.45, 2.75) is 0 Å². The first kappa shape index (κ1) is 20.6. The van der Waals surface area contributed by atoms with Gasteiger partial charge in [-0.25, -0.2) is 0 Å². The Morgan fingerprint density at radius 1 is 0.680 bits per heavy atom. The SMILES string of the molecule is NC(=C(N)c1ccccc1)c1ccccc1.O=S(=O)(O)OS(=O)(=O)O. The Morgan fingerprint density at radius 3 is 1.16 bits per heavy atom. The molecule has 0 saturated carbocycles. The van der Waals surface area contributed by atoms with Crippen LogP contribution in [0.1, 0.15) is 11.1 Å². The van der Waals surface area contributed by atoms with E-state index >= 15 is 0 Å². The van der Waals surface area contributed by atoms with Crippen LogP contribution in [0.25, 0.3) is 11.4 Å². The van der Waals surface area contributed by atoms with Crippen molar-refractivity contribution in [3.8, 4) is 0 Å². The van der Waals surface area contributed by atoms with E-state index in [0.29, 0.717) is 11.4 Å². The molecule has 136 valence electrons. The second kappa shape index (κ2) is 8.60. The molecule has 2 rings (SSSR count). The molecule has 0 radical (unpaired) electrons. The van der Waals surface area contributed by atoms with Crippen LogP contribution < -0.4 is 11.5 Å². The van der Waals surface area contributed by atoms with Crippen molar-refractivity contribution in [2.24, 2.45) is 11.5 Å². The number of benzene rings is 2. The smallest absolute Gasteiger partial charge is 0.397 e. The fourth-order valence-electron chi connectivity index (χ4n) is 1.66. The number of rotatable bonds is 4. The first-order chi connectivity index (χ1) is 11.5. The van der Waals surface area contributed by atoms with E-state index in [9.17, 15) is 16.8 Å². The van der Waals surface area contributed by atoms with Gasteiger partial charge in [-0.3, -0.25) is 9.11 Å². The fourth-order valence-corrected chi connectivity index (χ4v) is 2.52. The van der Waals surface area contributed by atoms with E-state index < -0.39 is 20.8 Å². The molecule has 0 aliphatic heterocycles. The second-order valence-electron chi connectivity index (χ2n) is 4.48. The van der Waals surface area contributed by atoms with Crippen LogP contribution in [0.2, 0.25) is 0 Å². The van der Waals surface area contributed by atoms with Gasteiger partial charge in [0.1, 0.15) is 0 Å². The van der Waals surface area contributed by atoms with Crippen LogP contribution in [-0.4, -0.2) is 25.9 Å². The van der Waals surface area contributed by atoms with Gasteiger partial charge in [-0.1, -0.05) is 60.7 Å². The monoisotopic (exact) mass is 388 g/mol. The van der Waals surface area contributed by atoms with Gasteiger partial charge in [0.2, 0.25) is 0 Å². The Balaban J connectivity index is 0.000000299. The van der Waals surface area contributed by atoms with Crippen LogP contribution in [0.3, 0.4) is 0 Å². The summed E-state index contributed by atoms with van der Waals surface area (Å²) in [5.74, 6) is 0. The van der Waals surface area contributed by atoms with E-state index in [1.165, 1.54) is 0 Å². The summed E-state index contributed by atoms with van der Waals surface area (Å²) >= 11 is 0. The molecule has 0 amide bonds. The van der Waals surface area contributed by atoms with E-state index in [1.54, 1.807) is 0 Å². The molecule has 0 aliphatic carbocycles. The summed E-state index contributed by atoms with van der Waals surface area (Å²) < 4.78 is 55.6. The molecule has 0 saturated heterocycles. The van der Waals surface area contributed by atoms with Crippen LogP contribution in [0, 0.1) is 0 Å². The van der Waals surface area contributed by atoms with E-state index in [0.717, 1.165) is 11.1 Å². The summed E-state index contributed by atoms with van der Waals surface area (Å²) in [6.07, 6.45) is 0. The summed E-state index contributed by atoms with van der Waals surface area (Å²) in [7, 11) is -10.2. The average molecular weight is 388 g/mol. The third-order valence-electron chi connectivity index (χ3n) is 2.63. The maximum atomic E-state index is 9.44. The third kappa shape index (κ3) is 8.28. The summed E-state index contributed by atoms with van der Waals surface area (Å²) in [5, 5.41) is 0. The maximum absolute atomic E-state index is 9.44. The van der Waals surface area contributed by atoms with Crippen molar-refractivity contribution in [2.75, 3.05) is 0 Å². The van der Waals surface area contributed by atoms with Gasteiger partial charge < -0.3 is 11.5 Å². The molecule has 0 aliphatic rings. The molecular weight excluding hydrogens is 372 g/mol. The van der Waals surface area contributed by atoms with Gasteiger partial charge in [0.05, 0.1) is 11.4 Å². The molecule has 25 heavy (non-hydrogen) atoms. The normalized spacial score (nSPS) is 12.6. The lowest BCUT2D eigenvalue weighted by molar-refractivity contribution is 0.344. The molecule has 6 N–H and O–H groups in total. The summed E-state index contributed by atoms with van der Waals surface area (Å²) in [5.41, 5.74) is 15.2. The lowest BCUT2D eigenvalue weighted by Gasteiger charge is -2.07. The molecule has 0 heterocycles. The van der Waals surface area contributed by atoms with Crippen LogP contribution in [0.4, 0.5) is 0 Å². The highest BCUT2D eigenvalue weighted by Crippen LogP contribution is 2.17. The third-order valence-corrected chi connectivity index (χ3v) is 4.01. The molecular formula is C14H16N2O7S2. The van der Waals surface area contributed by atoms with Gasteiger partial charge in [0.15, 0.2) is 0 Å². The van der Waals surface area contributed by atoms with Crippen molar-refractivity contribution in [3.05, 3.63) is 71.8 Å². The Bertz CT molecular complexity index is 848. The van der Waals surface area contributed by atoms with Crippen LogP contribution in [0.5, 0.6) is 0 Å². The van der Waals surface area contributed by atoms with Crippen molar-refractivity contribution in [1.29, 1.82) is 0 Å². The average Bonchev–Trinajstić information content (AvgIpc) is 2.52. The molecule has 9 nitrogen and oxygen atoms in total. The summed E-state index contributed by atoms with van der Waals surface area (Å²) in [6, 6.07) is 19.5. The largest absolute Gasteiger partial charge is 0.413 e. The van der Waals surface area contributed by atoms with Crippen LogP contribution >= 0.6 is 0 Å². The van der Waals surface area contributed by atoms with Gasteiger partial charge in [-0.05, 0) is 11.1 Å². The minimum Gasteiger partial charge on any atom is -0.397 e. The highest BCUT2D eigenvalue weighted by Gasteiger charge is 2.15. The van der Waals surface area contributed by atoms with E-state index in [4.69, 9.17) is 20.6 Å². The first-order valence-electron chi connectivity index (χ1n) is 6.51. The zero-order valence-corrected chi connectivity index (χ0v) is 14.3. The van der Waals surface area contributed by atoms with Crippen molar-refractivity contribution in [3.63, 3.8) is 0 Å². The van der Waals surface area contributed by atoms with E-state index in [2.05, 4.69) is 3.63 Å². The standard InChI is InChI=1S/C14H14N2.H2O7S2/c15-13(11-7-3-1-4-8-11)14(16)12-9-5-2-6-10-12;1-8(2,3)7-9(4,5)6/h1-10H,15-16H2;(H,1,2,3)(H,4,5,6). The lowest BCUT2D eigenvalue weighted by Crippen LogP contribution is -2.10. The number of hydrogen-bond acceptors (Lipinski definition) is 7. The summed E-state index contributed by atoms with van der Waals surface area (Å²) in [4.78, 5) is 0. The Hall–Kier alpha value is -2.44. The zero-order chi connectivity index (χ0) is 19.1. The minimum atomic E-state index is -5.12. The van der Waals surface area contributed by atoms with Crippen molar-refractivity contribution >= 4 is 32.2 Å². The molecule has 0 spiro atoms. The van der Waals surface area contributed by atoms with Gasteiger partial charge in [0.25, 0.3) is 0 Å². The molecule has 0 atom stereocenters. The van der Waals surface area contributed by atoms with Crippen LogP contribution in [0.15, 0.2) is 60.7 Å². The minimum absolute atomic E-state index is 0.617. The molecule has 0 aromatic heterocycles. The lowest BCUT2D eigenvalue weighted by atomic mass is 10.1. The predicted molar refractivity (Wildman–Crippen MR) is 92.3 cm³/mol. The number of nitrogens with two attached hydrogens (primary N) is 2. The molecule has 2 aromatic carbocycles. The molecule has 2 aromatic rings. The maximum Gasteiger partial charge on any atom is 0.413 e. The van der Waals surface area contributed by atoms with Crippen LogP contribution in [-0.2, 0) is 24.4 Å². The van der Waals surface area contributed by atoms with E-state index in [-0.39, 0.29) is 0 Å². The highest BCUT2D eigenvalue weighted by molar-refractivity contribution is 7.94. The summed E-state index contributed by atoms with van der Waals surface area (Å²) in [6.45, 7) is 0. The second-order valence-corrected chi connectivity index (χ2v) is 6.74. The van der Waals surface area contributed by atoms with Crippen molar-refractivity contribution < 1.29 is 29.6 Å². The zero-order valence-electron chi connectivity index (χ0n) is 12.7. The molecule has 0 bridgehead atoms. The predicted octanol–water partition coefficient (Wildman–Crippen LogP) is 1.04.